The molecule has 9 heavy (non-hydrogen) atoms. The summed E-state index contributed by atoms with van der Waals surface area (Å²) in [5.41, 5.74) is 0. The molecular formula is C5H11ClN2O. The number of halogens is 1. The minimum Gasteiger partial charge on any atom is -0.332 e. The molecule has 1 amide bonds. The Kier molecular flexibility index (Phi) is 2.94. The number of hydrogen-bond acceptors (Lipinski definition) is 2. The summed E-state index contributed by atoms with van der Waals surface area (Å²) >= 11 is 0. The van der Waals surface area contributed by atoms with Crippen molar-refractivity contribution in [2.75, 3.05) is 13.7 Å². The molecule has 1 saturated heterocycles. The molecule has 1 aliphatic heterocycles. The minimum atomic E-state index is 0. The van der Waals surface area contributed by atoms with E-state index in [-0.39, 0.29) is 24.4 Å². The van der Waals surface area contributed by atoms with E-state index < -0.39 is 0 Å². The number of carbonyl (C=O) groups excluding carboxylic acids is 1. The summed E-state index contributed by atoms with van der Waals surface area (Å²) in [6.45, 7) is 2.56. The molecule has 0 aromatic heterocycles. The van der Waals surface area contributed by atoms with Crippen molar-refractivity contribution in [1.82, 2.24) is 10.2 Å². The van der Waals surface area contributed by atoms with Crippen LogP contribution in [0.15, 0.2) is 0 Å². The Balaban J connectivity index is 0.000000640. The van der Waals surface area contributed by atoms with Crippen LogP contribution in [0.5, 0.6) is 0 Å². The van der Waals surface area contributed by atoms with Crippen LogP contribution in [0.1, 0.15) is 6.92 Å². The molecule has 0 aromatic rings. The second kappa shape index (κ2) is 3.03. The van der Waals surface area contributed by atoms with Gasteiger partial charge in [0.25, 0.3) is 0 Å². The maximum absolute atomic E-state index is 10.8. The fourth-order valence-electron chi connectivity index (χ4n) is 0.770. The Morgan fingerprint density at radius 1 is 1.78 bits per heavy atom. The Morgan fingerprint density at radius 3 is 2.44 bits per heavy atom. The third kappa shape index (κ3) is 1.56. The van der Waals surface area contributed by atoms with E-state index in [2.05, 4.69) is 5.32 Å². The van der Waals surface area contributed by atoms with Crippen molar-refractivity contribution in [3.8, 4) is 0 Å². The lowest BCUT2D eigenvalue weighted by atomic mass is 10.3. The van der Waals surface area contributed by atoms with Gasteiger partial charge in [-0.25, -0.2) is 0 Å². The average molecular weight is 151 g/mol. The Hall–Kier alpha value is -0.280. The van der Waals surface area contributed by atoms with Crippen molar-refractivity contribution in [3.63, 3.8) is 0 Å². The van der Waals surface area contributed by atoms with Crippen LogP contribution in [-0.2, 0) is 4.79 Å². The molecule has 1 aliphatic rings. The van der Waals surface area contributed by atoms with Crippen LogP contribution in [0.3, 0.4) is 0 Å². The average Bonchev–Trinajstić information content (AvgIpc) is 1.98. The van der Waals surface area contributed by atoms with E-state index in [1.165, 1.54) is 0 Å². The molecular weight excluding hydrogens is 140 g/mol. The van der Waals surface area contributed by atoms with Crippen LogP contribution in [-0.4, -0.2) is 30.6 Å². The molecule has 0 bridgehead atoms. The summed E-state index contributed by atoms with van der Waals surface area (Å²) in [4.78, 5) is 12.4. The SMILES string of the molecule is CC1NCN(C)C1=O.Cl. The van der Waals surface area contributed by atoms with Gasteiger partial charge in [-0.2, -0.15) is 0 Å². The third-order valence-corrected chi connectivity index (χ3v) is 1.38. The van der Waals surface area contributed by atoms with Gasteiger partial charge in [0.2, 0.25) is 5.91 Å². The summed E-state index contributed by atoms with van der Waals surface area (Å²) in [7, 11) is 1.79. The van der Waals surface area contributed by atoms with Crippen molar-refractivity contribution in [2.45, 2.75) is 13.0 Å². The summed E-state index contributed by atoms with van der Waals surface area (Å²) in [5, 5.41) is 3.00. The van der Waals surface area contributed by atoms with Gasteiger partial charge in [-0.3, -0.25) is 10.1 Å². The maximum Gasteiger partial charge on any atom is 0.240 e. The molecule has 4 heteroatoms. The van der Waals surface area contributed by atoms with E-state index in [0.29, 0.717) is 6.67 Å². The zero-order chi connectivity index (χ0) is 6.15. The van der Waals surface area contributed by atoms with Crippen LogP contribution in [0, 0.1) is 0 Å². The van der Waals surface area contributed by atoms with Gasteiger partial charge in [0, 0.05) is 7.05 Å². The molecule has 1 atom stereocenters. The summed E-state index contributed by atoms with van der Waals surface area (Å²) in [6.07, 6.45) is 0. The van der Waals surface area contributed by atoms with E-state index in [9.17, 15) is 4.79 Å². The normalized spacial score (nSPS) is 26.2. The first-order valence-corrected chi connectivity index (χ1v) is 2.70. The first-order chi connectivity index (χ1) is 3.72. The largest absolute Gasteiger partial charge is 0.332 e. The predicted octanol–water partition coefficient (Wildman–Crippen LogP) is -0.184. The van der Waals surface area contributed by atoms with Gasteiger partial charge in [0.05, 0.1) is 12.7 Å². The standard InChI is InChI=1S/C5H10N2O.ClH/c1-4-5(8)7(2)3-6-4;/h4,6H,3H2,1-2H3;1H. The van der Waals surface area contributed by atoms with E-state index >= 15 is 0 Å². The van der Waals surface area contributed by atoms with Crippen molar-refractivity contribution >= 4 is 18.3 Å². The van der Waals surface area contributed by atoms with Crippen molar-refractivity contribution in [3.05, 3.63) is 0 Å². The smallest absolute Gasteiger partial charge is 0.240 e. The topological polar surface area (TPSA) is 32.3 Å². The van der Waals surface area contributed by atoms with Gasteiger partial charge in [-0.15, -0.1) is 12.4 Å². The zero-order valence-corrected chi connectivity index (χ0v) is 6.36. The molecule has 1 N–H and O–H groups in total. The summed E-state index contributed by atoms with van der Waals surface area (Å²) in [6, 6.07) is 0.0278. The quantitative estimate of drug-likeness (QED) is 0.520. The number of carbonyl (C=O) groups is 1. The Morgan fingerprint density at radius 2 is 2.33 bits per heavy atom. The highest BCUT2D eigenvalue weighted by molar-refractivity contribution is 5.85. The third-order valence-electron chi connectivity index (χ3n) is 1.38. The predicted molar refractivity (Wildman–Crippen MR) is 37.5 cm³/mol. The molecule has 3 nitrogen and oxygen atoms in total. The van der Waals surface area contributed by atoms with Gasteiger partial charge in [0.15, 0.2) is 0 Å². The fraction of sp³-hybridized carbons (Fsp3) is 0.800. The number of amides is 1. The van der Waals surface area contributed by atoms with Crippen molar-refractivity contribution in [1.29, 1.82) is 0 Å². The first kappa shape index (κ1) is 8.72. The number of hydrogen-bond donors (Lipinski definition) is 1. The number of nitrogens with zero attached hydrogens (tertiary/aromatic N) is 1. The molecule has 0 spiro atoms. The second-order valence-electron chi connectivity index (χ2n) is 2.12. The summed E-state index contributed by atoms with van der Waals surface area (Å²) < 4.78 is 0. The molecule has 1 heterocycles. The highest BCUT2D eigenvalue weighted by Gasteiger charge is 2.22. The van der Waals surface area contributed by atoms with Gasteiger partial charge >= 0.3 is 0 Å². The molecule has 0 saturated carbocycles. The molecule has 0 radical (unpaired) electrons. The van der Waals surface area contributed by atoms with E-state index in [4.69, 9.17) is 0 Å². The van der Waals surface area contributed by atoms with Crippen LogP contribution < -0.4 is 5.32 Å². The van der Waals surface area contributed by atoms with Gasteiger partial charge in [0.1, 0.15) is 0 Å². The molecule has 1 unspecified atom stereocenters. The molecule has 1 fully saturated rings. The van der Waals surface area contributed by atoms with Crippen molar-refractivity contribution < 1.29 is 4.79 Å². The van der Waals surface area contributed by atoms with Crippen LogP contribution >= 0.6 is 12.4 Å². The lowest BCUT2D eigenvalue weighted by Crippen LogP contribution is -2.24. The maximum atomic E-state index is 10.8. The van der Waals surface area contributed by atoms with Crippen LogP contribution in [0.4, 0.5) is 0 Å². The summed E-state index contributed by atoms with van der Waals surface area (Å²) in [5.74, 6) is 0.185. The van der Waals surface area contributed by atoms with E-state index in [0.717, 1.165) is 0 Å². The lowest BCUT2D eigenvalue weighted by molar-refractivity contribution is -0.127. The lowest BCUT2D eigenvalue weighted by Gasteiger charge is -2.03. The van der Waals surface area contributed by atoms with Crippen LogP contribution in [0.25, 0.3) is 0 Å². The number of nitrogens with one attached hydrogen (secondary N) is 1. The monoisotopic (exact) mass is 150 g/mol. The molecule has 1 rings (SSSR count). The van der Waals surface area contributed by atoms with Gasteiger partial charge < -0.3 is 4.90 Å². The zero-order valence-electron chi connectivity index (χ0n) is 5.55. The van der Waals surface area contributed by atoms with Crippen LogP contribution in [0.2, 0.25) is 0 Å². The van der Waals surface area contributed by atoms with Crippen molar-refractivity contribution in [2.24, 2.45) is 0 Å². The number of rotatable bonds is 0. The van der Waals surface area contributed by atoms with E-state index in [1.54, 1.807) is 11.9 Å². The second-order valence-corrected chi connectivity index (χ2v) is 2.12. The molecule has 54 valence electrons. The minimum absolute atomic E-state index is 0. The fourth-order valence-corrected chi connectivity index (χ4v) is 0.770. The first-order valence-electron chi connectivity index (χ1n) is 2.70. The Labute approximate surface area is 60.8 Å². The van der Waals surface area contributed by atoms with Gasteiger partial charge in [-0.05, 0) is 6.92 Å². The number of likely N-dealkylation sites (N-methyl/N-ethyl adjacent to an activating group) is 1. The highest BCUT2D eigenvalue weighted by Crippen LogP contribution is 1.96. The van der Waals surface area contributed by atoms with E-state index in [1.807, 2.05) is 6.92 Å². The van der Waals surface area contributed by atoms with Gasteiger partial charge in [-0.1, -0.05) is 0 Å². The Bertz CT molecular complexity index is 106. The molecule has 0 aliphatic carbocycles. The highest BCUT2D eigenvalue weighted by atomic mass is 35.5. The molecule has 0 aromatic carbocycles.